The molecular weight excluding hydrogens is 224 g/mol. The maximum absolute atomic E-state index is 8.93. The Morgan fingerprint density at radius 3 is 3.11 bits per heavy atom. The van der Waals surface area contributed by atoms with Gasteiger partial charge in [-0.25, -0.2) is 4.98 Å². The van der Waals surface area contributed by atoms with Crippen molar-refractivity contribution in [2.24, 2.45) is 0 Å². The molecule has 0 bridgehead atoms. The van der Waals surface area contributed by atoms with Crippen LogP contribution < -0.4 is 5.32 Å². The SMILES string of the molecule is CCN1CCCC1CNc1cc(C#N)cc(C)n1. The van der Waals surface area contributed by atoms with Crippen LogP contribution in [0.4, 0.5) is 5.82 Å². The van der Waals surface area contributed by atoms with Gasteiger partial charge < -0.3 is 5.32 Å². The lowest BCUT2D eigenvalue weighted by Gasteiger charge is -2.23. The summed E-state index contributed by atoms with van der Waals surface area (Å²) in [6, 6.07) is 6.39. The summed E-state index contributed by atoms with van der Waals surface area (Å²) >= 11 is 0. The van der Waals surface area contributed by atoms with E-state index in [4.69, 9.17) is 5.26 Å². The van der Waals surface area contributed by atoms with Crippen LogP contribution in [0.3, 0.4) is 0 Å². The molecule has 2 rings (SSSR count). The molecule has 1 aromatic rings. The monoisotopic (exact) mass is 244 g/mol. The molecule has 18 heavy (non-hydrogen) atoms. The first-order chi connectivity index (χ1) is 8.72. The highest BCUT2D eigenvalue weighted by Crippen LogP contribution is 2.17. The van der Waals surface area contributed by atoms with Gasteiger partial charge in [0.05, 0.1) is 11.6 Å². The third kappa shape index (κ3) is 2.99. The first-order valence-corrected chi connectivity index (χ1v) is 6.59. The number of nitrogens with one attached hydrogen (secondary N) is 1. The van der Waals surface area contributed by atoms with E-state index in [1.165, 1.54) is 19.4 Å². The Hall–Kier alpha value is -1.60. The topological polar surface area (TPSA) is 52.0 Å². The van der Waals surface area contributed by atoms with Gasteiger partial charge in [-0.15, -0.1) is 0 Å². The molecule has 1 aliphatic heterocycles. The van der Waals surface area contributed by atoms with Crippen LogP contribution in [0.25, 0.3) is 0 Å². The van der Waals surface area contributed by atoms with Crippen LogP contribution in [0.5, 0.6) is 0 Å². The van der Waals surface area contributed by atoms with E-state index in [1.807, 2.05) is 13.0 Å². The van der Waals surface area contributed by atoms with Gasteiger partial charge in [-0.2, -0.15) is 5.26 Å². The molecule has 1 N–H and O–H groups in total. The average Bonchev–Trinajstić information content (AvgIpc) is 2.83. The first kappa shape index (κ1) is 12.8. The van der Waals surface area contributed by atoms with Crippen molar-refractivity contribution in [3.8, 4) is 6.07 Å². The molecule has 0 radical (unpaired) electrons. The molecule has 0 amide bonds. The number of pyridine rings is 1. The highest BCUT2D eigenvalue weighted by molar-refractivity contribution is 5.44. The fourth-order valence-electron chi connectivity index (χ4n) is 2.59. The van der Waals surface area contributed by atoms with E-state index >= 15 is 0 Å². The Morgan fingerprint density at radius 2 is 2.39 bits per heavy atom. The molecule has 1 fully saturated rings. The fourth-order valence-corrected chi connectivity index (χ4v) is 2.59. The van der Waals surface area contributed by atoms with Gasteiger partial charge in [0.1, 0.15) is 5.82 Å². The predicted octanol–water partition coefficient (Wildman–Crippen LogP) is 2.16. The third-order valence-corrected chi connectivity index (χ3v) is 3.51. The molecule has 2 heterocycles. The summed E-state index contributed by atoms with van der Waals surface area (Å²) in [6.45, 7) is 7.34. The molecule has 0 aliphatic carbocycles. The Labute approximate surface area is 109 Å². The second kappa shape index (κ2) is 5.83. The number of likely N-dealkylation sites (tertiary alicyclic amines) is 1. The van der Waals surface area contributed by atoms with E-state index in [-0.39, 0.29) is 0 Å². The Bertz CT molecular complexity index is 450. The number of hydrogen-bond acceptors (Lipinski definition) is 4. The van der Waals surface area contributed by atoms with Crippen molar-refractivity contribution in [3.05, 3.63) is 23.4 Å². The summed E-state index contributed by atoms with van der Waals surface area (Å²) in [6.07, 6.45) is 2.53. The number of likely N-dealkylation sites (N-methyl/N-ethyl adjacent to an activating group) is 1. The molecule has 1 atom stereocenters. The van der Waals surface area contributed by atoms with Gasteiger partial charge in [0.25, 0.3) is 0 Å². The van der Waals surface area contributed by atoms with E-state index < -0.39 is 0 Å². The van der Waals surface area contributed by atoms with Crippen molar-refractivity contribution < 1.29 is 0 Å². The van der Waals surface area contributed by atoms with Crippen LogP contribution >= 0.6 is 0 Å². The van der Waals surface area contributed by atoms with Gasteiger partial charge in [-0.3, -0.25) is 4.90 Å². The molecule has 1 saturated heterocycles. The molecule has 4 nitrogen and oxygen atoms in total. The fraction of sp³-hybridized carbons (Fsp3) is 0.571. The lowest BCUT2D eigenvalue weighted by Crippen LogP contribution is -2.34. The van der Waals surface area contributed by atoms with Crippen molar-refractivity contribution in [1.82, 2.24) is 9.88 Å². The minimum atomic E-state index is 0.600. The van der Waals surface area contributed by atoms with Crippen LogP contribution in [0.1, 0.15) is 31.0 Å². The molecule has 0 saturated carbocycles. The normalized spacial score (nSPS) is 19.7. The molecular formula is C14H20N4. The number of rotatable bonds is 4. The summed E-state index contributed by atoms with van der Waals surface area (Å²) in [5.41, 5.74) is 1.55. The van der Waals surface area contributed by atoms with Crippen LogP contribution in [0.15, 0.2) is 12.1 Å². The lowest BCUT2D eigenvalue weighted by atomic mass is 10.2. The maximum Gasteiger partial charge on any atom is 0.127 e. The number of nitriles is 1. The smallest absolute Gasteiger partial charge is 0.127 e. The molecule has 96 valence electrons. The predicted molar refractivity (Wildman–Crippen MR) is 72.4 cm³/mol. The van der Waals surface area contributed by atoms with Crippen LogP contribution in [0, 0.1) is 18.3 Å². The van der Waals surface area contributed by atoms with Gasteiger partial charge in [0, 0.05) is 18.3 Å². The minimum absolute atomic E-state index is 0.600. The van der Waals surface area contributed by atoms with E-state index in [1.54, 1.807) is 6.07 Å². The Balaban J connectivity index is 1.98. The summed E-state index contributed by atoms with van der Waals surface area (Å²) in [7, 11) is 0. The van der Waals surface area contributed by atoms with Crippen LogP contribution in [-0.2, 0) is 0 Å². The van der Waals surface area contributed by atoms with Crippen molar-refractivity contribution in [2.75, 3.05) is 25.0 Å². The van der Waals surface area contributed by atoms with Crippen molar-refractivity contribution in [1.29, 1.82) is 5.26 Å². The lowest BCUT2D eigenvalue weighted by molar-refractivity contribution is 0.277. The summed E-state index contributed by atoms with van der Waals surface area (Å²) in [5, 5.41) is 12.3. The summed E-state index contributed by atoms with van der Waals surface area (Å²) in [5.74, 6) is 0.814. The maximum atomic E-state index is 8.93. The average molecular weight is 244 g/mol. The second-order valence-corrected chi connectivity index (χ2v) is 4.80. The zero-order valence-corrected chi connectivity index (χ0v) is 11.1. The molecule has 1 aliphatic rings. The van der Waals surface area contributed by atoms with Crippen molar-refractivity contribution >= 4 is 5.82 Å². The van der Waals surface area contributed by atoms with E-state index in [0.29, 0.717) is 11.6 Å². The highest BCUT2D eigenvalue weighted by atomic mass is 15.2. The van der Waals surface area contributed by atoms with Crippen LogP contribution in [0.2, 0.25) is 0 Å². The zero-order chi connectivity index (χ0) is 13.0. The third-order valence-electron chi connectivity index (χ3n) is 3.51. The number of hydrogen-bond donors (Lipinski definition) is 1. The zero-order valence-electron chi connectivity index (χ0n) is 11.1. The number of aryl methyl sites for hydroxylation is 1. The standard InChI is InChI=1S/C14H20N4/c1-3-18-6-4-5-13(18)10-16-14-8-12(9-15)7-11(2)17-14/h7-8,13H,3-6,10H2,1-2H3,(H,16,17). The number of nitrogens with zero attached hydrogens (tertiary/aromatic N) is 3. The van der Waals surface area contributed by atoms with Crippen molar-refractivity contribution in [3.63, 3.8) is 0 Å². The van der Waals surface area contributed by atoms with Gasteiger partial charge >= 0.3 is 0 Å². The van der Waals surface area contributed by atoms with E-state index in [0.717, 1.165) is 24.6 Å². The van der Waals surface area contributed by atoms with E-state index in [9.17, 15) is 0 Å². The molecule has 0 aromatic carbocycles. The first-order valence-electron chi connectivity index (χ1n) is 6.59. The van der Waals surface area contributed by atoms with Gasteiger partial charge in [-0.05, 0) is 45.0 Å². The van der Waals surface area contributed by atoms with E-state index in [2.05, 4.69) is 28.2 Å². The van der Waals surface area contributed by atoms with Crippen molar-refractivity contribution in [2.45, 2.75) is 32.7 Å². The Kier molecular flexibility index (Phi) is 4.16. The summed E-state index contributed by atoms with van der Waals surface area (Å²) in [4.78, 5) is 6.91. The molecule has 1 aromatic heterocycles. The largest absolute Gasteiger partial charge is 0.368 e. The van der Waals surface area contributed by atoms with Gasteiger partial charge in [-0.1, -0.05) is 6.92 Å². The highest BCUT2D eigenvalue weighted by Gasteiger charge is 2.22. The van der Waals surface area contributed by atoms with Gasteiger partial charge in [0.15, 0.2) is 0 Å². The molecule has 0 spiro atoms. The molecule has 1 unspecified atom stereocenters. The molecule has 4 heteroatoms. The quantitative estimate of drug-likeness (QED) is 0.881. The second-order valence-electron chi connectivity index (χ2n) is 4.80. The number of aromatic nitrogens is 1. The Morgan fingerprint density at radius 1 is 1.56 bits per heavy atom. The summed E-state index contributed by atoms with van der Waals surface area (Å²) < 4.78 is 0. The minimum Gasteiger partial charge on any atom is -0.368 e. The number of anilines is 1. The van der Waals surface area contributed by atoms with Gasteiger partial charge in [0.2, 0.25) is 0 Å². The van der Waals surface area contributed by atoms with Crippen LogP contribution in [-0.4, -0.2) is 35.6 Å².